The lowest BCUT2D eigenvalue weighted by Gasteiger charge is -2.15. The van der Waals surface area contributed by atoms with Gasteiger partial charge in [0.2, 0.25) is 0 Å². The van der Waals surface area contributed by atoms with Gasteiger partial charge in [0.1, 0.15) is 18.2 Å². The van der Waals surface area contributed by atoms with Crippen molar-refractivity contribution in [3.63, 3.8) is 0 Å². The third kappa shape index (κ3) is 4.37. The minimum Gasteiger partial charge on any atom is -0.490 e. The highest BCUT2D eigenvalue weighted by atomic mass is 19.4. The van der Waals surface area contributed by atoms with Crippen molar-refractivity contribution < 1.29 is 36.9 Å². The van der Waals surface area contributed by atoms with Gasteiger partial charge in [-0.2, -0.15) is 13.2 Å². The molecule has 1 unspecified atom stereocenters. The number of alkyl halides is 3. The zero-order valence-electron chi connectivity index (χ0n) is 10.4. The first-order valence-electron chi connectivity index (χ1n) is 5.59. The van der Waals surface area contributed by atoms with Crippen LogP contribution in [0.1, 0.15) is 12.5 Å². The van der Waals surface area contributed by atoms with E-state index in [0.717, 1.165) is 6.07 Å². The van der Waals surface area contributed by atoms with E-state index < -0.39 is 36.2 Å². The van der Waals surface area contributed by atoms with Crippen LogP contribution in [0.3, 0.4) is 0 Å². The van der Waals surface area contributed by atoms with Gasteiger partial charge in [-0.25, -0.2) is 9.18 Å². The summed E-state index contributed by atoms with van der Waals surface area (Å²) in [6, 6.07) is 2.06. The quantitative estimate of drug-likeness (QED) is 0.820. The summed E-state index contributed by atoms with van der Waals surface area (Å²) in [5, 5.41) is 8.77. The molecule has 1 N–H and O–H groups in total. The number of carboxylic acids is 1. The molecule has 1 aromatic carbocycles. The molecular weight excluding hydrogens is 284 g/mol. The fourth-order valence-electron chi connectivity index (χ4n) is 1.38. The molecule has 0 spiro atoms. The van der Waals surface area contributed by atoms with Gasteiger partial charge in [-0.3, -0.25) is 0 Å². The summed E-state index contributed by atoms with van der Waals surface area (Å²) in [5.41, 5.74) is -1.47. The van der Waals surface area contributed by atoms with Crippen LogP contribution in [-0.4, -0.2) is 30.4 Å². The molecular formula is C12H12F4O4. The standard InChI is InChI=1S/C12H12F4O4/c1-2-19-10(11(17)18)6-20-7-3-4-9(13)8(5-7)12(14,15)16/h3-5,10H,2,6H2,1H3,(H,17,18). The third-order valence-corrected chi connectivity index (χ3v) is 2.29. The first-order chi connectivity index (χ1) is 9.25. The number of ether oxygens (including phenoxy) is 2. The predicted octanol–water partition coefficient (Wildman–Crippen LogP) is 2.71. The lowest BCUT2D eigenvalue weighted by molar-refractivity contribution is -0.152. The Morgan fingerprint density at radius 2 is 2.05 bits per heavy atom. The van der Waals surface area contributed by atoms with Gasteiger partial charge in [-0.1, -0.05) is 0 Å². The van der Waals surface area contributed by atoms with Gasteiger partial charge in [-0.05, 0) is 25.1 Å². The molecule has 0 fully saturated rings. The van der Waals surface area contributed by atoms with E-state index in [2.05, 4.69) is 0 Å². The van der Waals surface area contributed by atoms with Gasteiger partial charge in [0.25, 0.3) is 0 Å². The van der Waals surface area contributed by atoms with Crippen LogP contribution in [0.2, 0.25) is 0 Å². The average molecular weight is 296 g/mol. The summed E-state index contributed by atoms with van der Waals surface area (Å²) >= 11 is 0. The van der Waals surface area contributed by atoms with Crippen molar-refractivity contribution in [3.05, 3.63) is 29.6 Å². The van der Waals surface area contributed by atoms with Crippen LogP contribution < -0.4 is 4.74 Å². The van der Waals surface area contributed by atoms with E-state index >= 15 is 0 Å². The molecule has 0 aromatic heterocycles. The second-order valence-corrected chi connectivity index (χ2v) is 3.73. The Balaban J connectivity index is 2.81. The smallest absolute Gasteiger partial charge is 0.419 e. The lowest BCUT2D eigenvalue weighted by Crippen LogP contribution is -2.30. The Kier molecular flexibility index (Phi) is 5.32. The summed E-state index contributed by atoms with van der Waals surface area (Å²) in [6.45, 7) is 1.19. The van der Waals surface area contributed by atoms with Crippen LogP contribution in [0, 0.1) is 5.82 Å². The van der Waals surface area contributed by atoms with Gasteiger partial charge >= 0.3 is 12.1 Å². The number of halogens is 4. The predicted molar refractivity (Wildman–Crippen MR) is 59.9 cm³/mol. The van der Waals surface area contributed by atoms with Crippen molar-refractivity contribution in [2.45, 2.75) is 19.2 Å². The van der Waals surface area contributed by atoms with E-state index in [-0.39, 0.29) is 12.4 Å². The fourth-order valence-corrected chi connectivity index (χ4v) is 1.38. The molecule has 0 saturated heterocycles. The molecule has 1 aromatic rings. The molecule has 1 atom stereocenters. The van der Waals surface area contributed by atoms with Crippen LogP contribution in [-0.2, 0) is 15.7 Å². The van der Waals surface area contributed by atoms with E-state index in [1.165, 1.54) is 0 Å². The molecule has 112 valence electrons. The molecule has 1 rings (SSSR count). The van der Waals surface area contributed by atoms with Gasteiger partial charge in [-0.15, -0.1) is 0 Å². The maximum Gasteiger partial charge on any atom is 0.419 e. The number of carbonyl (C=O) groups is 1. The SMILES string of the molecule is CCOC(COc1ccc(F)c(C(F)(F)F)c1)C(=O)O. The van der Waals surface area contributed by atoms with E-state index in [9.17, 15) is 22.4 Å². The number of carboxylic acid groups (broad SMARTS) is 1. The molecule has 0 heterocycles. The first kappa shape index (κ1) is 16.2. The molecule has 0 amide bonds. The maximum absolute atomic E-state index is 13.0. The zero-order chi connectivity index (χ0) is 15.3. The van der Waals surface area contributed by atoms with Crippen molar-refractivity contribution in [3.8, 4) is 5.75 Å². The molecule has 0 aliphatic heterocycles. The van der Waals surface area contributed by atoms with Gasteiger partial charge in [0.05, 0.1) is 5.56 Å². The van der Waals surface area contributed by atoms with Crippen molar-refractivity contribution in [1.82, 2.24) is 0 Å². The van der Waals surface area contributed by atoms with Crippen molar-refractivity contribution >= 4 is 5.97 Å². The van der Waals surface area contributed by atoms with Crippen LogP contribution in [0.5, 0.6) is 5.75 Å². The molecule has 4 nitrogen and oxygen atoms in total. The first-order valence-corrected chi connectivity index (χ1v) is 5.59. The Bertz CT molecular complexity index is 473. The summed E-state index contributed by atoms with van der Waals surface area (Å²) in [6.07, 6.45) is -6.16. The second-order valence-electron chi connectivity index (χ2n) is 3.73. The molecule has 0 aliphatic carbocycles. The summed E-state index contributed by atoms with van der Waals surface area (Å²) in [4.78, 5) is 10.7. The molecule has 0 radical (unpaired) electrons. The number of aliphatic carboxylic acids is 1. The Morgan fingerprint density at radius 1 is 1.40 bits per heavy atom. The maximum atomic E-state index is 13.0. The van der Waals surface area contributed by atoms with Gasteiger partial charge in [0.15, 0.2) is 6.10 Å². The van der Waals surface area contributed by atoms with Gasteiger partial charge < -0.3 is 14.6 Å². The summed E-state index contributed by atoms with van der Waals surface area (Å²) in [7, 11) is 0. The highest BCUT2D eigenvalue weighted by molar-refractivity contribution is 5.72. The molecule has 20 heavy (non-hydrogen) atoms. The van der Waals surface area contributed by atoms with Crippen molar-refractivity contribution in [2.24, 2.45) is 0 Å². The number of hydrogen-bond donors (Lipinski definition) is 1. The van der Waals surface area contributed by atoms with Gasteiger partial charge in [0, 0.05) is 6.61 Å². The minimum atomic E-state index is -4.85. The molecule has 0 saturated carbocycles. The van der Waals surface area contributed by atoms with Crippen LogP contribution >= 0.6 is 0 Å². The summed E-state index contributed by atoms with van der Waals surface area (Å²) in [5.74, 6) is -3.01. The highest BCUT2D eigenvalue weighted by Crippen LogP contribution is 2.33. The largest absolute Gasteiger partial charge is 0.490 e. The van der Waals surface area contributed by atoms with E-state index in [0.29, 0.717) is 12.1 Å². The number of benzene rings is 1. The van der Waals surface area contributed by atoms with Crippen molar-refractivity contribution in [1.29, 1.82) is 0 Å². The van der Waals surface area contributed by atoms with Crippen molar-refractivity contribution in [2.75, 3.05) is 13.2 Å². The zero-order valence-corrected chi connectivity index (χ0v) is 10.4. The third-order valence-electron chi connectivity index (χ3n) is 2.29. The lowest BCUT2D eigenvalue weighted by atomic mass is 10.2. The van der Waals surface area contributed by atoms with E-state index in [1.807, 2.05) is 0 Å². The Labute approximate surface area is 111 Å². The Hall–Kier alpha value is -1.83. The van der Waals surface area contributed by atoms with E-state index in [1.54, 1.807) is 6.92 Å². The topological polar surface area (TPSA) is 55.8 Å². The molecule has 8 heteroatoms. The second kappa shape index (κ2) is 6.56. The van der Waals surface area contributed by atoms with Crippen LogP contribution in [0.25, 0.3) is 0 Å². The normalized spacial score (nSPS) is 13.1. The minimum absolute atomic E-state index is 0.109. The Morgan fingerprint density at radius 3 is 2.55 bits per heavy atom. The molecule has 0 bridgehead atoms. The average Bonchev–Trinajstić information content (AvgIpc) is 2.34. The fraction of sp³-hybridized carbons (Fsp3) is 0.417. The number of rotatable bonds is 6. The van der Waals surface area contributed by atoms with Crippen LogP contribution in [0.4, 0.5) is 17.6 Å². The van der Waals surface area contributed by atoms with E-state index in [4.69, 9.17) is 14.6 Å². The molecule has 0 aliphatic rings. The monoisotopic (exact) mass is 296 g/mol. The number of hydrogen-bond acceptors (Lipinski definition) is 3. The van der Waals surface area contributed by atoms with Crippen LogP contribution in [0.15, 0.2) is 18.2 Å². The highest BCUT2D eigenvalue weighted by Gasteiger charge is 2.34. The summed E-state index contributed by atoms with van der Waals surface area (Å²) < 4.78 is 60.1.